The molecule has 84 valence electrons. The molecule has 0 saturated carbocycles. The highest BCUT2D eigenvalue weighted by molar-refractivity contribution is 6.05. The van der Waals surface area contributed by atoms with Gasteiger partial charge in [0.25, 0.3) is 0 Å². The van der Waals surface area contributed by atoms with E-state index in [0.29, 0.717) is 12.3 Å². The first-order chi connectivity index (χ1) is 8.24. The summed E-state index contributed by atoms with van der Waals surface area (Å²) in [6, 6.07) is 7.59. The van der Waals surface area contributed by atoms with Crippen molar-refractivity contribution < 1.29 is 14.6 Å². The number of fused-ring (bicyclic) bond motifs is 2. The van der Waals surface area contributed by atoms with Gasteiger partial charge in [0.05, 0.1) is 5.57 Å². The van der Waals surface area contributed by atoms with Gasteiger partial charge in [0.15, 0.2) is 0 Å². The molecule has 2 aliphatic heterocycles. The average Bonchev–Trinajstić information content (AvgIpc) is 2.35. The summed E-state index contributed by atoms with van der Waals surface area (Å²) in [4.78, 5) is 14.9. The topological polar surface area (TPSA) is 58.9 Å². The molecule has 2 heterocycles. The first-order valence-electron chi connectivity index (χ1n) is 5.22. The molecule has 17 heavy (non-hydrogen) atoms. The summed E-state index contributed by atoms with van der Waals surface area (Å²) in [6.07, 6.45) is 3.62. The van der Waals surface area contributed by atoms with Crippen LogP contribution in [0.15, 0.2) is 46.6 Å². The summed E-state index contributed by atoms with van der Waals surface area (Å²) in [5.74, 6) is 0.309. The molecule has 0 amide bonds. The molecule has 0 saturated heterocycles. The first-order valence-corrected chi connectivity index (χ1v) is 5.22. The number of carboxylic acids is 1. The highest BCUT2D eigenvalue weighted by Crippen LogP contribution is 2.31. The van der Waals surface area contributed by atoms with E-state index in [4.69, 9.17) is 9.84 Å². The molecule has 2 aliphatic rings. The fourth-order valence-electron chi connectivity index (χ4n) is 1.87. The predicted molar refractivity (Wildman–Crippen MR) is 62.8 cm³/mol. The molecule has 0 atom stereocenters. The first kappa shape index (κ1) is 9.84. The van der Waals surface area contributed by atoms with Crippen LogP contribution in [0, 0.1) is 0 Å². The number of aliphatic carboxylic acids is 1. The molecule has 0 bridgehead atoms. The SMILES string of the molecule is O=C(O)C1=CN=C2Oc3ccccc3C=C2C1. The van der Waals surface area contributed by atoms with Crippen molar-refractivity contribution >= 4 is 17.9 Å². The van der Waals surface area contributed by atoms with Crippen LogP contribution in [0.3, 0.4) is 0 Å². The van der Waals surface area contributed by atoms with Gasteiger partial charge in [0.1, 0.15) is 5.75 Å². The monoisotopic (exact) mass is 227 g/mol. The van der Waals surface area contributed by atoms with E-state index in [0.717, 1.165) is 16.9 Å². The molecule has 0 aliphatic carbocycles. The van der Waals surface area contributed by atoms with E-state index < -0.39 is 5.97 Å². The molecular formula is C13H9NO3. The summed E-state index contributed by atoms with van der Waals surface area (Å²) in [7, 11) is 0. The zero-order valence-corrected chi connectivity index (χ0v) is 8.88. The maximum atomic E-state index is 10.9. The minimum atomic E-state index is -0.937. The molecule has 3 rings (SSSR count). The van der Waals surface area contributed by atoms with E-state index in [9.17, 15) is 4.79 Å². The van der Waals surface area contributed by atoms with Gasteiger partial charge in [-0.1, -0.05) is 18.2 Å². The lowest BCUT2D eigenvalue weighted by atomic mass is 9.99. The molecule has 1 aromatic carbocycles. The van der Waals surface area contributed by atoms with Crippen LogP contribution in [0.2, 0.25) is 0 Å². The van der Waals surface area contributed by atoms with Crippen molar-refractivity contribution in [3.05, 3.63) is 47.2 Å². The fourth-order valence-corrected chi connectivity index (χ4v) is 1.87. The number of ether oxygens (including phenoxy) is 1. The van der Waals surface area contributed by atoms with Crippen LogP contribution in [0.4, 0.5) is 0 Å². The molecule has 0 spiro atoms. The third kappa shape index (κ3) is 1.63. The van der Waals surface area contributed by atoms with Crippen molar-refractivity contribution in [2.75, 3.05) is 0 Å². The number of carboxylic acid groups (broad SMARTS) is 1. The van der Waals surface area contributed by atoms with Crippen LogP contribution in [0.1, 0.15) is 12.0 Å². The Labute approximate surface area is 97.6 Å². The summed E-state index contributed by atoms with van der Waals surface area (Å²) in [5.41, 5.74) is 2.04. The largest absolute Gasteiger partial charge is 0.478 e. The van der Waals surface area contributed by atoms with Crippen molar-refractivity contribution in [1.82, 2.24) is 0 Å². The number of para-hydroxylation sites is 1. The second-order valence-electron chi connectivity index (χ2n) is 3.88. The molecule has 0 radical (unpaired) electrons. The van der Waals surface area contributed by atoms with Gasteiger partial charge in [-0.15, -0.1) is 0 Å². The number of aliphatic imine (C=N–C) groups is 1. The molecule has 0 fully saturated rings. The van der Waals surface area contributed by atoms with Crippen LogP contribution in [0.5, 0.6) is 5.75 Å². The summed E-state index contributed by atoms with van der Waals surface area (Å²) < 4.78 is 5.61. The minimum Gasteiger partial charge on any atom is -0.478 e. The smallest absolute Gasteiger partial charge is 0.333 e. The molecule has 4 heteroatoms. The third-order valence-corrected chi connectivity index (χ3v) is 2.72. The van der Waals surface area contributed by atoms with Crippen LogP contribution < -0.4 is 4.74 Å². The van der Waals surface area contributed by atoms with Gasteiger partial charge in [-0.05, 0) is 12.1 Å². The molecule has 0 unspecified atom stereocenters. The minimum absolute atomic E-state index is 0.281. The average molecular weight is 227 g/mol. The highest BCUT2D eigenvalue weighted by Gasteiger charge is 2.23. The number of hydrogen-bond acceptors (Lipinski definition) is 3. The number of hydrogen-bond donors (Lipinski definition) is 1. The van der Waals surface area contributed by atoms with Crippen LogP contribution in [-0.4, -0.2) is 17.0 Å². The van der Waals surface area contributed by atoms with Gasteiger partial charge in [-0.25, -0.2) is 9.79 Å². The number of rotatable bonds is 1. The van der Waals surface area contributed by atoms with E-state index >= 15 is 0 Å². The normalized spacial score (nSPS) is 16.8. The van der Waals surface area contributed by atoms with Crippen molar-refractivity contribution in [3.63, 3.8) is 0 Å². The predicted octanol–water partition coefficient (Wildman–Crippen LogP) is 2.23. The zero-order chi connectivity index (χ0) is 11.8. The fraction of sp³-hybridized carbons (Fsp3) is 0.0769. The molecule has 1 N–H and O–H groups in total. The second kappa shape index (κ2) is 3.59. The standard InChI is InChI=1S/C13H9NO3/c15-13(16)10-6-9-5-8-3-1-2-4-11(8)17-12(9)14-7-10/h1-5,7H,6H2,(H,15,16). The summed E-state index contributed by atoms with van der Waals surface area (Å²) in [6.45, 7) is 0. The number of nitrogens with zero attached hydrogens (tertiary/aromatic N) is 1. The Bertz CT molecular complexity index is 596. The van der Waals surface area contributed by atoms with Gasteiger partial charge in [-0.2, -0.15) is 0 Å². The maximum absolute atomic E-state index is 10.9. The van der Waals surface area contributed by atoms with Crippen molar-refractivity contribution in [1.29, 1.82) is 0 Å². The van der Waals surface area contributed by atoms with Crippen molar-refractivity contribution in [3.8, 4) is 5.75 Å². The van der Waals surface area contributed by atoms with Crippen LogP contribution in [0.25, 0.3) is 6.08 Å². The summed E-state index contributed by atoms with van der Waals surface area (Å²) >= 11 is 0. The highest BCUT2D eigenvalue weighted by atomic mass is 16.5. The van der Waals surface area contributed by atoms with Gasteiger partial charge in [0, 0.05) is 23.8 Å². The third-order valence-electron chi connectivity index (χ3n) is 2.72. The maximum Gasteiger partial charge on any atom is 0.333 e. The quantitative estimate of drug-likeness (QED) is 0.800. The lowest BCUT2D eigenvalue weighted by Crippen LogP contribution is -2.20. The van der Waals surface area contributed by atoms with E-state index in [-0.39, 0.29) is 5.57 Å². The van der Waals surface area contributed by atoms with Gasteiger partial charge in [0.2, 0.25) is 5.90 Å². The molecular weight excluding hydrogens is 218 g/mol. The zero-order valence-electron chi connectivity index (χ0n) is 8.88. The van der Waals surface area contributed by atoms with Gasteiger partial charge in [-0.3, -0.25) is 0 Å². The molecule has 0 aromatic heterocycles. The van der Waals surface area contributed by atoms with Gasteiger partial charge < -0.3 is 9.84 Å². The Balaban J connectivity index is 2.04. The van der Waals surface area contributed by atoms with Crippen LogP contribution in [-0.2, 0) is 4.79 Å². The Kier molecular flexibility index (Phi) is 2.08. The number of benzene rings is 1. The number of carbonyl (C=O) groups is 1. The molecule has 1 aromatic rings. The molecule has 4 nitrogen and oxygen atoms in total. The van der Waals surface area contributed by atoms with Gasteiger partial charge >= 0.3 is 5.97 Å². The van der Waals surface area contributed by atoms with Crippen LogP contribution >= 0.6 is 0 Å². The Morgan fingerprint density at radius 2 is 2.18 bits per heavy atom. The van der Waals surface area contributed by atoms with E-state index in [2.05, 4.69) is 4.99 Å². The van der Waals surface area contributed by atoms with E-state index in [1.807, 2.05) is 30.3 Å². The Morgan fingerprint density at radius 1 is 1.35 bits per heavy atom. The Hall–Kier alpha value is -2.36. The van der Waals surface area contributed by atoms with Crippen molar-refractivity contribution in [2.24, 2.45) is 4.99 Å². The second-order valence-corrected chi connectivity index (χ2v) is 3.88. The Morgan fingerprint density at radius 3 is 3.00 bits per heavy atom. The lowest BCUT2D eigenvalue weighted by Gasteiger charge is -2.21. The van der Waals surface area contributed by atoms with E-state index in [1.54, 1.807) is 0 Å². The lowest BCUT2D eigenvalue weighted by molar-refractivity contribution is -0.132. The van der Waals surface area contributed by atoms with Crippen molar-refractivity contribution in [2.45, 2.75) is 6.42 Å². The van der Waals surface area contributed by atoms with E-state index in [1.165, 1.54) is 6.20 Å². The summed E-state index contributed by atoms with van der Waals surface area (Å²) in [5, 5.41) is 8.92.